The standard InChI is InChI=1S/C15H14FN5OS2/c1-9-18-12(8-24-9)14(22)17-7-13-19-20-15(23-2)21(13)11-5-3-10(16)4-6-11/h3-6,8H,7H2,1-2H3,(H,17,22). The van der Waals surface area contributed by atoms with Crippen molar-refractivity contribution in [1.29, 1.82) is 0 Å². The van der Waals surface area contributed by atoms with Gasteiger partial charge in [0.05, 0.1) is 11.6 Å². The molecule has 0 aliphatic heterocycles. The minimum absolute atomic E-state index is 0.195. The second-order valence-electron chi connectivity index (χ2n) is 4.85. The molecule has 0 atom stereocenters. The van der Waals surface area contributed by atoms with Crippen LogP contribution in [0.15, 0.2) is 34.8 Å². The lowest BCUT2D eigenvalue weighted by Gasteiger charge is -2.09. The van der Waals surface area contributed by atoms with Gasteiger partial charge in [0.2, 0.25) is 0 Å². The van der Waals surface area contributed by atoms with Crippen molar-refractivity contribution in [2.75, 3.05) is 6.26 Å². The molecular weight excluding hydrogens is 349 g/mol. The first kappa shape index (κ1) is 16.6. The molecule has 3 aromatic rings. The van der Waals surface area contributed by atoms with E-state index in [2.05, 4.69) is 20.5 Å². The molecule has 0 unspecified atom stereocenters. The number of hydrogen-bond donors (Lipinski definition) is 1. The van der Waals surface area contributed by atoms with Crippen LogP contribution in [-0.2, 0) is 6.54 Å². The van der Waals surface area contributed by atoms with E-state index in [0.717, 1.165) is 10.7 Å². The Morgan fingerprint density at radius 3 is 2.71 bits per heavy atom. The molecule has 0 aliphatic carbocycles. The monoisotopic (exact) mass is 363 g/mol. The van der Waals surface area contributed by atoms with Gasteiger partial charge in [-0.2, -0.15) is 0 Å². The fraction of sp³-hybridized carbons (Fsp3) is 0.200. The molecule has 1 aromatic carbocycles. The Hall–Kier alpha value is -2.26. The highest BCUT2D eigenvalue weighted by Crippen LogP contribution is 2.20. The Labute approximate surface area is 146 Å². The molecule has 0 aliphatic rings. The van der Waals surface area contributed by atoms with Crippen molar-refractivity contribution in [2.24, 2.45) is 0 Å². The van der Waals surface area contributed by atoms with Crippen molar-refractivity contribution in [3.8, 4) is 5.69 Å². The number of benzene rings is 1. The van der Waals surface area contributed by atoms with E-state index >= 15 is 0 Å². The highest BCUT2D eigenvalue weighted by atomic mass is 32.2. The summed E-state index contributed by atoms with van der Waals surface area (Å²) in [6, 6.07) is 6.04. The maximum Gasteiger partial charge on any atom is 0.271 e. The largest absolute Gasteiger partial charge is 0.343 e. The van der Waals surface area contributed by atoms with Gasteiger partial charge < -0.3 is 5.32 Å². The van der Waals surface area contributed by atoms with Crippen LogP contribution in [0.2, 0.25) is 0 Å². The molecule has 2 aromatic heterocycles. The van der Waals surface area contributed by atoms with Crippen LogP contribution in [0.1, 0.15) is 21.3 Å². The minimum atomic E-state index is -0.314. The summed E-state index contributed by atoms with van der Waals surface area (Å²) in [5.41, 5.74) is 1.12. The highest BCUT2D eigenvalue weighted by Gasteiger charge is 2.15. The molecule has 3 rings (SSSR count). The highest BCUT2D eigenvalue weighted by molar-refractivity contribution is 7.98. The quantitative estimate of drug-likeness (QED) is 0.706. The summed E-state index contributed by atoms with van der Waals surface area (Å²) in [7, 11) is 0. The van der Waals surface area contributed by atoms with Gasteiger partial charge >= 0.3 is 0 Å². The second kappa shape index (κ2) is 7.10. The van der Waals surface area contributed by atoms with Gasteiger partial charge in [-0.25, -0.2) is 9.37 Å². The number of aromatic nitrogens is 4. The lowest BCUT2D eigenvalue weighted by atomic mass is 10.3. The van der Waals surface area contributed by atoms with Crippen molar-refractivity contribution < 1.29 is 9.18 Å². The molecule has 0 saturated heterocycles. The smallest absolute Gasteiger partial charge is 0.271 e. The summed E-state index contributed by atoms with van der Waals surface area (Å²) in [4.78, 5) is 16.3. The SMILES string of the molecule is CSc1nnc(CNC(=O)c2csc(C)n2)n1-c1ccc(F)cc1. The Kier molecular flexibility index (Phi) is 4.91. The molecule has 2 heterocycles. The number of carbonyl (C=O) groups is 1. The van der Waals surface area contributed by atoms with Crippen molar-refractivity contribution in [3.05, 3.63) is 52.0 Å². The lowest BCUT2D eigenvalue weighted by Crippen LogP contribution is -2.25. The average Bonchev–Trinajstić information content (AvgIpc) is 3.19. The fourth-order valence-corrected chi connectivity index (χ4v) is 3.22. The molecule has 124 valence electrons. The van der Waals surface area contributed by atoms with Crippen molar-refractivity contribution in [2.45, 2.75) is 18.6 Å². The Balaban J connectivity index is 1.82. The molecule has 9 heteroatoms. The van der Waals surface area contributed by atoms with Crippen LogP contribution in [0.3, 0.4) is 0 Å². The number of rotatable bonds is 5. The molecule has 0 radical (unpaired) electrons. The van der Waals surface area contributed by atoms with Crippen LogP contribution in [0.4, 0.5) is 4.39 Å². The number of nitrogens with zero attached hydrogens (tertiary/aromatic N) is 4. The van der Waals surface area contributed by atoms with E-state index in [1.165, 1.54) is 35.2 Å². The normalized spacial score (nSPS) is 10.8. The third kappa shape index (κ3) is 3.46. The van der Waals surface area contributed by atoms with E-state index < -0.39 is 0 Å². The van der Waals surface area contributed by atoms with Crippen molar-refractivity contribution in [3.63, 3.8) is 0 Å². The number of aryl methyl sites for hydroxylation is 1. The summed E-state index contributed by atoms with van der Waals surface area (Å²) in [6.45, 7) is 2.04. The van der Waals surface area contributed by atoms with Crippen LogP contribution in [0, 0.1) is 12.7 Å². The summed E-state index contributed by atoms with van der Waals surface area (Å²) >= 11 is 2.84. The molecular formula is C15H14FN5OS2. The van der Waals surface area contributed by atoms with Crippen molar-refractivity contribution in [1.82, 2.24) is 25.1 Å². The molecule has 0 saturated carbocycles. The van der Waals surface area contributed by atoms with E-state index in [0.29, 0.717) is 16.7 Å². The van der Waals surface area contributed by atoms with Crippen LogP contribution in [0.25, 0.3) is 5.69 Å². The first-order valence-corrected chi connectivity index (χ1v) is 9.13. The van der Waals surface area contributed by atoms with Gasteiger partial charge in [0.15, 0.2) is 11.0 Å². The first-order chi connectivity index (χ1) is 11.6. The Morgan fingerprint density at radius 2 is 2.08 bits per heavy atom. The Bertz CT molecular complexity index is 859. The molecule has 0 fully saturated rings. The number of carbonyl (C=O) groups excluding carboxylic acids is 1. The predicted octanol–water partition coefficient (Wildman–Crippen LogP) is 2.82. The van der Waals surface area contributed by atoms with Crippen LogP contribution >= 0.6 is 23.1 Å². The molecule has 0 spiro atoms. The zero-order chi connectivity index (χ0) is 17.1. The van der Waals surface area contributed by atoms with Crippen LogP contribution < -0.4 is 5.32 Å². The van der Waals surface area contributed by atoms with Crippen molar-refractivity contribution >= 4 is 29.0 Å². The summed E-state index contributed by atoms with van der Waals surface area (Å²) in [5.74, 6) is -0.0174. The van der Waals surface area contributed by atoms with E-state index in [-0.39, 0.29) is 18.3 Å². The van der Waals surface area contributed by atoms with Gasteiger partial charge in [-0.3, -0.25) is 9.36 Å². The third-order valence-electron chi connectivity index (χ3n) is 3.23. The van der Waals surface area contributed by atoms with Gasteiger partial charge in [0.1, 0.15) is 11.5 Å². The van der Waals surface area contributed by atoms with Gasteiger partial charge in [-0.15, -0.1) is 21.5 Å². The Morgan fingerprint density at radius 1 is 1.33 bits per heavy atom. The van der Waals surface area contributed by atoms with Gasteiger partial charge in [0.25, 0.3) is 5.91 Å². The van der Waals surface area contributed by atoms with Gasteiger partial charge in [-0.05, 0) is 37.4 Å². The number of thioether (sulfide) groups is 1. The summed E-state index contributed by atoms with van der Waals surface area (Å²) in [6.07, 6.45) is 1.88. The molecule has 6 nitrogen and oxygen atoms in total. The molecule has 1 amide bonds. The van der Waals surface area contributed by atoms with E-state index in [9.17, 15) is 9.18 Å². The number of nitrogens with one attached hydrogen (secondary N) is 1. The number of amides is 1. The first-order valence-electron chi connectivity index (χ1n) is 7.03. The lowest BCUT2D eigenvalue weighted by molar-refractivity contribution is 0.0945. The minimum Gasteiger partial charge on any atom is -0.343 e. The van der Waals surface area contributed by atoms with E-state index in [1.807, 2.05) is 13.2 Å². The number of thiazole rings is 1. The number of hydrogen-bond acceptors (Lipinski definition) is 6. The summed E-state index contributed by atoms with van der Waals surface area (Å²) in [5, 5.41) is 14.2. The maximum atomic E-state index is 13.1. The average molecular weight is 363 g/mol. The second-order valence-corrected chi connectivity index (χ2v) is 6.68. The topological polar surface area (TPSA) is 72.7 Å². The van der Waals surface area contributed by atoms with E-state index in [1.54, 1.807) is 22.1 Å². The predicted molar refractivity (Wildman–Crippen MR) is 91.1 cm³/mol. The van der Waals surface area contributed by atoms with Crippen LogP contribution in [-0.4, -0.2) is 31.9 Å². The van der Waals surface area contributed by atoms with Gasteiger partial charge in [0, 0.05) is 11.1 Å². The molecule has 1 N–H and O–H groups in total. The fourth-order valence-electron chi connectivity index (χ4n) is 2.11. The molecule has 24 heavy (non-hydrogen) atoms. The summed E-state index contributed by atoms with van der Waals surface area (Å²) < 4.78 is 14.9. The zero-order valence-electron chi connectivity index (χ0n) is 13.0. The zero-order valence-corrected chi connectivity index (χ0v) is 14.6. The van der Waals surface area contributed by atoms with Gasteiger partial charge in [-0.1, -0.05) is 11.8 Å². The molecule has 0 bridgehead atoms. The van der Waals surface area contributed by atoms with Crippen LogP contribution in [0.5, 0.6) is 0 Å². The number of halogens is 1. The third-order valence-corrected chi connectivity index (χ3v) is 4.63. The maximum absolute atomic E-state index is 13.1. The van der Waals surface area contributed by atoms with E-state index in [4.69, 9.17) is 0 Å².